The van der Waals surface area contributed by atoms with Gasteiger partial charge in [0.05, 0.1) is 0 Å². The highest BCUT2D eigenvalue weighted by Gasteiger charge is 2.32. The molecule has 1 unspecified atom stereocenters. The van der Waals surface area contributed by atoms with Crippen LogP contribution in [0.15, 0.2) is 0 Å². The molecule has 1 rings (SSSR count). The number of nitrogens with two attached hydrogens (primary N) is 1. The molecule has 4 heteroatoms. The van der Waals surface area contributed by atoms with Crippen LogP contribution < -0.4 is 5.73 Å². The van der Waals surface area contributed by atoms with Crippen molar-refractivity contribution in [1.29, 1.82) is 0 Å². The van der Waals surface area contributed by atoms with Crippen LogP contribution in [0.3, 0.4) is 0 Å². The van der Waals surface area contributed by atoms with Crippen molar-refractivity contribution in [1.82, 2.24) is 4.90 Å². The molecular formula is C14H28N2O2. The average Bonchev–Trinajstić information content (AvgIpc) is 2.38. The summed E-state index contributed by atoms with van der Waals surface area (Å²) in [7, 11) is 0. The van der Waals surface area contributed by atoms with Gasteiger partial charge in [-0.3, -0.25) is 0 Å². The summed E-state index contributed by atoms with van der Waals surface area (Å²) < 4.78 is 5.44. The van der Waals surface area contributed by atoms with E-state index in [0.29, 0.717) is 12.5 Å². The van der Waals surface area contributed by atoms with Crippen molar-refractivity contribution in [3.63, 3.8) is 0 Å². The van der Waals surface area contributed by atoms with E-state index in [2.05, 4.69) is 0 Å². The van der Waals surface area contributed by atoms with E-state index < -0.39 is 5.60 Å². The van der Waals surface area contributed by atoms with E-state index in [1.807, 2.05) is 39.5 Å². The lowest BCUT2D eigenvalue weighted by Gasteiger charge is -2.34. The van der Waals surface area contributed by atoms with Crippen molar-refractivity contribution in [2.45, 2.75) is 65.0 Å². The van der Waals surface area contributed by atoms with Crippen LogP contribution in [0.1, 0.15) is 53.9 Å². The Balaban J connectivity index is 2.67. The molecule has 1 atom stereocenters. The van der Waals surface area contributed by atoms with Crippen molar-refractivity contribution in [3.8, 4) is 0 Å². The quantitative estimate of drug-likeness (QED) is 0.785. The molecule has 0 radical (unpaired) electrons. The highest BCUT2D eigenvalue weighted by Crippen LogP contribution is 2.25. The Hall–Kier alpha value is -0.770. The third-order valence-corrected chi connectivity index (χ3v) is 3.38. The molecule has 0 spiro atoms. The van der Waals surface area contributed by atoms with Gasteiger partial charge in [0.25, 0.3) is 0 Å². The van der Waals surface area contributed by atoms with E-state index in [1.54, 1.807) is 0 Å². The van der Waals surface area contributed by atoms with Gasteiger partial charge in [0, 0.05) is 18.6 Å². The summed E-state index contributed by atoms with van der Waals surface area (Å²) in [6.07, 6.45) is 3.04. The number of carbonyl (C=O) groups excluding carboxylic acids is 1. The van der Waals surface area contributed by atoms with Gasteiger partial charge in [0.1, 0.15) is 5.60 Å². The van der Waals surface area contributed by atoms with Crippen LogP contribution in [0.5, 0.6) is 0 Å². The Labute approximate surface area is 111 Å². The Kier molecular flexibility index (Phi) is 4.65. The second-order valence-electron chi connectivity index (χ2n) is 6.94. The van der Waals surface area contributed by atoms with Crippen molar-refractivity contribution in [3.05, 3.63) is 0 Å². The van der Waals surface area contributed by atoms with Gasteiger partial charge >= 0.3 is 6.09 Å². The van der Waals surface area contributed by atoms with Crippen LogP contribution >= 0.6 is 0 Å². The molecule has 18 heavy (non-hydrogen) atoms. The van der Waals surface area contributed by atoms with Gasteiger partial charge in [-0.2, -0.15) is 0 Å². The molecule has 4 nitrogen and oxygen atoms in total. The lowest BCUT2D eigenvalue weighted by atomic mass is 9.85. The summed E-state index contributed by atoms with van der Waals surface area (Å²) in [4.78, 5) is 13.9. The maximum atomic E-state index is 12.1. The van der Waals surface area contributed by atoms with Crippen LogP contribution in [0, 0.1) is 5.92 Å². The minimum absolute atomic E-state index is 0.210. The topological polar surface area (TPSA) is 55.6 Å². The molecule has 0 aromatic carbocycles. The lowest BCUT2D eigenvalue weighted by molar-refractivity contribution is 0.0217. The number of hydrogen-bond donors (Lipinski definition) is 1. The van der Waals surface area contributed by atoms with Crippen LogP contribution in [0.4, 0.5) is 4.79 Å². The molecule has 0 aliphatic carbocycles. The van der Waals surface area contributed by atoms with E-state index in [-0.39, 0.29) is 11.6 Å². The third kappa shape index (κ3) is 4.84. The summed E-state index contributed by atoms with van der Waals surface area (Å²) in [5.41, 5.74) is 5.51. The molecule has 1 amide bonds. The van der Waals surface area contributed by atoms with Gasteiger partial charge < -0.3 is 15.4 Å². The monoisotopic (exact) mass is 256 g/mol. The second kappa shape index (κ2) is 5.47. The number of rotatable bonds is 1. The number of carbonyl (C=O) groups is 1. The Morgan fingerprint density at radius 1 is 1.22 bits per heavy atom. The maximum absolute atomic E-state index is 12.1. The molecule has 0 saturated carbocycles. The molecule has 1 fully saturated rings. The molecular weight excluding hydrogens is 228 g/mol. The highest BCUT2D eigenvalue weighted by atomic mass is 16.6. The summed E-state index contributed by atoms with van der Waals surface area (Å²) in [5.74, 6) is 0.340. The predicted molar refractivity (Wildman–Crippen MR) is 73.4 cm³/mol. The van der Waals surface area contributed by atoms with Crippen LogP contribution in [-0.2, 0) is 4.74 Å². The Morgan fingerprint density at radius 2 is 1.83 bits per heavy atom. The van der Waals surface area contributed by atoms with Crippen molar-refractivity contribution in [2.75, 3.05) is 13.1 Å². The molecule has 0 bridgehead atoms. The summed E-state index contributed by atoms with van der Waals surface area (Å²) in [6.45, 7) is 11.2. The first kappa shape index (κ1) is 15.3. The first-order chi connectivity index (χ1) is 8.09. The zero-order chi connectivity index (χ0) is 14.0. The Morgan fingerprint density at radius 3 is 2.33 bits per heavy atom. The standard InChI is InChI=1S/C14H28N2O2/c1-13(2,3)18-12(17)16-9-7-6-8-11(10-16)14(4,5)15/h11H,6-10,15H2,1-5H3. The van der Waals surface area contributed by atoms with E-state index in [0.717, 1.165) is 25.8 Å². The minimum Gasteiger partial charge on any atom is -0.444 e. The fraction of sp³-hybridized carbons (Fsp3) is 0.929. The molecule has 0 aromatic heterocycles. The van der Waals surface area contributed by atoms with E-state index in [1.165, 1.54) is 0 Å². The molecule has 2 N–H and O–H groups in total. The van der Waals surface area contributed by atoms with Gasteiger partial charge in [-0.15, -0.1) is 0 Å². The molecule has 1 aliphatic heterocycles. The number of amides is 1. The number of nitrogens with zero attached hydrogens (tertiary/aromatic N) is 1. The smallest absolute Gasteiger partial charge is 0.410 e. The average molecular weight is 256 g/mol. The normalized spacial score (nSPS) is 22.6. The lowest BCUT2D eigenvalue weighted by Crippen LogP contribution is -2.48. The predicted octanol–water partition coefficient (Wildman–Crippen LogP) is 2.76. The van der Waals surface area contributed by atoms with Crippen LogP contribution in [0.25, 0.3) is 0 Å². The third-order valence-electron chi connectivity index (χ3n) is 3.38. The van der Waals surface area contributed by atoms with Gasteiger partial charge in [0.15, 0.2) is 0 Å². The highest BCUT2D eigenvalue weighted by molar-refractivity contribution is 5.68. The fourth-order valence-corrected chi connectivity index (χ4v) is 2.24. The zero-order valence-corrected chi connectivity index (χ0v) is 12.5. The fourth-order valence-electron chi connectivity index (χ4n) is 2.24. The van der Waals surface area contributed by atoms with Crippen molar-refractivity contribution in [2.24, 2.45) is 11.7 Å². The van der Waals surface area contributed by atoms with E-state index >= 15 is 0 Å². The molecule has 106 valence electrons. The summed E-state index contributed by atoms with van der Waals surface area (Å²) in [5, 5.41) is 0. The van der Waals surface area contributed by atoms with Gasteiger partial charge in [-0.1, -0.05) is 6.42 Å². The van der Waals surface area contributed by atoms with E-state index in [9.17, 15) is 4.79 Å². The first-order valence-electron chi connectivity index (χ1n) is 6.86. The largest absolute Gasteiger partial charge is 0.444 e. The van der Waals surface area contributed by atoms with Crippen molar-refractivity contribution >= 4 is 6.09 Å². The van der Waals surface area contributed by atoms with Gasteiger partial charge in [0.2, 0.25) is 0 Å². The van der Waals surface area contributed by atoms with Crippen LogP contribution in [-0.4, -0.2) is 35.2 Å². The molecule has 1 saturated heterocycles. The second-order valence-corrected chi connectivity index (χ2v) is 6.94. The number of likely N-dealkylation sites (tertiary alicyclic amines) is 1. The number of hydrogen-bond acceptors (Lipinski definition) is 3. The van der Waals surface area contributed by atoms with Gasteiger partial charge in [-0.25, -0.2) is 4.79 Å². The summed E-state index contributed by atoms with van der Waals surface area (Å²) in [6, 6.07) is 0. The molecule has 0 aromatic rings. The SMILES string of the molecule is CC(C)(C)OC(=O)N1CCCCC(C(C)(C)N)C1. The maximum Gasteiger partial charge on any atom is 0.410 e. The van der Waals surface area contributed by atoms with Gasteiger partial charge in [-0.05, 0) is 53.4 Å². The summed E-state index contributed by atoms with van der Waals surface area (Å²) >= 11 is 0. The minimum atomic E-state index is -0.433. The van der Waals surface area contributed by atoms with E-state index in [4.69, 9.17) is 10.5 Å². The van der Waals surface area contributed by atoms with Crippen LogP contribution in [0.2, 0.25) is 0 Å². The zero-order valence-electron chi connectivity index (χ0n) is 12.5. The first-order valence-corrected chi connectivity index (χ1v) is 6.86. The van der Waals surface area contributed by atoms with Crippen molar-refractivity contribution < 1.29 is 9.53 Å². The molecule has 1 aliphatic rings. The molecule has 1 heterocycles. The number of ether oxygens (including phenoxy) is 1. The Bertz CT molecular complexity index is 289.